The lowest BCUT2D eigenvalue weighted by Gasteiger charge is -2.15. The molecule has 0 aliphatic heterocycles. The summed E-state index contributed by atoms with van der Waals surface area (Å²) in [6.45, 7) is 3.59. The fourth-order valence-electron chi connectivity index (χ4n) is 1.18. The monoisotopic (exact) mass is 223 g/mol. The normalized spacial score (nSPS) is 12.1. The highest BCUT2D eigenvalue weighted by atomic mass is 32.2. The lowest BCUT2D eigenvalue weighted by atomic mass is 9.87. The van der Waals surface area contributed by atoms with E-state index in [1.54, 1.807) is 26.0 Å². The Balaban J connectivity index is 3.19. The van der Waals surface area contributed by atoms with Crippen molar-refractivity contribution in [3.8, 4) is 6.07 Å². The quantitative estimate of drug-likeness (QED) is 0.769. The highest BCUT2D eigenvalue weighted by molar-refractivity contribution is 7.90. The van der Waals surface area contributed by atoms with Gasteiger partial charge in [-0.1, -0.05) is 12.1 Å². The van der Waals surface area contributed by atoms with Crippen LogP contribution < -0.4 is 0 Å². The first kappa shape index (κ1) is 11.7. The highest BCUT2D eigenvalue weighted by Gasteiger charge is 2.19. The van der Waals surface area contributed by atoms with Gasteiger partial charge in [0.2, 0.25) is 0 Å². The third-order valence-corrected chi connectivity index (χ3v) is 3.41. The van der Waals surface area contributed by atoms with E-state index >= 15 is 0 Å². The molecule has 0 heterocycles. The Morgan fingerprint density at radius 1 is 1.20 bits per heavy atom. The maximum Gasteiger partial charge on any atom is 0.175 e. The van der Waals surface area contributed by atoms with E-state index in [9.17, 15) is 8.42 Å². The maximum absolute atomic E-state index is 11.2. The Morgan fingerprint density at radius 2 is 1.67 bits per heavy atom. The molecule has 0 radical (unpaired) electrons. The van der Waals surface area contributed by atoms with Gasteiger partial charge in [-0.25, -0.2) is 8.42 Å². The summed E-state index contributed by atoms with van der Waals surface area (Å²) in [6, 6.07) is 8.59. The van der Waals surface area contributed by atoms with Crippen LogP contribution >= 0.6 is 0 Å². The Bertz CT molecular complexity index is 492. The van der Waals surface area contributed by atoms with Crippen LogP contribution in [0.4, 0.5) is 0 Å². The van der Waals surface area contributed by atoms with Gasteiger partial charge >= 0.3 is 0 Å². The molecule has 1 rings (SSSR count). The first-order chi connectivity index (χ1) is 6.77. The second-order valence-corrected chi connectivity index (χ2v) is 6.05. The molecule has 15 heavy (non-hydrogen) atoms. The van der Waals surface area contributed by atoms with E-state index in [-0.39, 0.29) is 4.90 Å². The van der Waals surface area contributed by atoms with E-state index in [1.807, 2.05) is 0 Å². The molecular weight excluding hydrogens is 210 g/mol. The molecule has 0 aliphatic carbocycles. The molecule has 0 saturated carbocycles. The SMILES string of the molecule is CC(C)(C#N)c1ccc(S(C)(=O)=O)cc1. The summed E-state index contributed by atoms with van der Waals surface area (Å²) in [5.74, 6) is 0. The van der Waals surface area contributed by atoms with Crippen LogP contribution in [0.15, 0.2) is 29.2 Å². The average molecular weight is 223 g/mol. The van der Waals surface area contributed by atoms with Crippen molar-refractivity contribution >= 4 is 9.84 Å². The Hall–Kier alpha value is -1.34. The van der Waals surface area contributed by atoms with E-state index in [1.165, 1.54) is 12.1 Å². The third kappa shape index (κ3) is 2.57. The van der Waals surface area contributed by atoms with Gasteiger partial charge in [-0.05, 0) is 31.5 Å². The lowest BCUT2D eigenvalue weighted by Crippen LogP contribution is -2.13. The molecule has 1 aromatic carbocycles. The first-order valence-corrected chi connectivity index (χ1v) is 6.38. The minimum Gasteiger partial charge on any atom is -0.224 e. The molecule has 4 heteroatoms. The summed E-state index contributed by atoms with van der Waals surface area (Å²) in [4.78, 5) is 0.278. The van der Waals surface area contributed by atoms with Crippen molar-refractivity contribution in [2.75, 3.05) is 6.26 Å². The van der Waals surface area contributed by atoms with E-state index in [0.29, 0.717) is 0 Å². The fourth-order valence-corrected chi connectivity index (χ4v) is 1.81. The molecule has 0 amide bonds. The summed E-state index contributed by atoms with van der Waals surface area (Å²) in [6.07, 6.45) is 1.16. The average Bonchev–Trinajstić information content (AvgIpc) is 2.17. The molecule has 3 nitrogen and oxygen atoms in total. The zero-order chi connectivity index (χ0) is 11.7. The van der Waals surface area contributed by atoms with Crippen molar-refractivity contribution in [3.63, 3.8) is 0 Å². The zero-order valence-electron chi connectivity index (χ0n) is 8.98. The number of benzene rings is 1. The number of sulfone groups is 1. The second kappa shape index (κ2) is 3.67. The standard InChI is InChI=1S/C11H13NO2S/c1-11(2,8-12)9-4-6-10(7-5-9)15(3,13)14/h4-7H,1-3H3. The van der Waals surface area contributed by atoms with E-state index in [4.69, 9.17) is 5.26 Å². The number of nitrogens with zero attached hydrogens (tertiary/aromatic N) is 1. The largest absolute Gasteiger partial charge is 0.224 e. The Morgan fingerprint density at radius 3 is 2.00 bits per heavy atom. The third-order valence-electron chi connectivity index (χ3n) is 2.28. The van der Waals surface area contributed by atoms with Gasteiger partial charge in [0.1, 0.15) is 0 Å². The molecule has 0 spiro atoms. The summed E-state index contributed by atoms with van der Waals surface area (Å²) in [7, 11) is -3.15. The Labute approximate surface area is 90.3 Å². The summed E-state index contributed by atoms with van der Waals surface area (Å²) < 4.78 is 22.4. The molecule has 0 unspecified atom stereocenters. The molecule has 0 N–H and O–H groups in total. The molecule has 80 valence electrons. The molecule has 0 aromatic heterocycles. The number of rotatable bonds is 2. The zero-order valence-corrected chi connectivity index (χ0v) is 9.80. The van der Waals surface area contributed by atoms with Crippen LogP contribution in [-0.2, 0) is 15.3 Å². The van der Waals surface area contributed by atoms with Crippen molar-refractivity contribution in [1.82, 2.24) is 0 Å². The predicted octanol–water partition coefficient (Wildman–Crippen LogP) is 1.89. The van der Waals surface area contributed by atoms with Crippen molar-refractivity contribution < 1.29 is 8.42 Å². The molecule has 0 fully saturated rings. The van der Waals surface area contributed by atoms with Gasteiger partial charge in [-0.15, -0.1) is 0 Å². The minimum atomic E-state index is -3.15. The van der Waals surface area contributed by atoms with E-state index in [2.05, 4.69) is 6.07 Å². The molecule has 1 aromatic rings. The van der Waals surface area contributed by atoms with Gasteiger partial charge in [0.15, 0.2) is 9.84 Å². The first-order valence-electron chi connectivity index (χ1n) is 4.49. The van der Waals surface area contributed by atoms with Crippen LogP contribution in [-0.4, -0.2) is 14.7 Å². The summed E-state index contributed by atoms with van der Waals surface area (Å²) in [5, 5.41) is 8.91. The van der Waals surface area contributed by atoms with E-state index in [0.717, 1.165) is 11.8 Å². The fraction of sp³-hybridized carbons (Fsp3) is 0.364. The van der Waals surface area contributed by atoms with Crippen LogP contribution in [0.3, 0.4) is 0 Å². The molecule has 0 aliphatic rings. The van der Waals surface area contributed by atoms with Crippen molar-refractivity contribution in [2.24, 2.45) is 0 Å². The second-order valence-electron chi connectivity index (χ2n) is 4.03. The van der Waals surface area contributed by atoms with Gasteiger partial charge in [0.05, 0.1) is 16.4 Å². The number of hydrogen-bond donors (Lipinski definition) is 0. The van der Waals surface area contributed by atoms with Crippen molar-refractivity contribution in [1.29, 1.82) is 5.26 Å². The minimum absolute atomic E-state index is 0.278. The van der Waals surface area contributed by atoms with Crippen LogP contribution in [0.1, 0.15) is 19.4 Å². The summed E-state index contributed by atoms with van der Waals surface area (Å²) >= 11 is 0. The summed E-state index contributed by atoms with van der Waals surface area (Å²) in [5.41, 5.74) is 0.230. The van der Waals surface area contributed by atoms with E-state index < -0.39 is 15.3 Å². The Kier molecular flexibility index (Phi) is 2.87. The van der Waals surface area contributed by atoms with Crippen LogP contribution in [0, 0.1) is 11.3 Å². The lowest BCUT2D eigenvalue weighted by molar-refractivity contribution is 0.601. The molecule has 0 saturated heterocycles. The van der Waals surface area contributed by atoms with Gasteiger partial charge in [0.25, 0.3) is 0 Å². The van der Waals surface area contributed by atoms with Gasteiger partial charge in [-0.3, -0.25) is 0 Å². The molecule has 0 bridgehead atoms. The molecular formula is C11H13NO2S. The van der Waals surface area contributed by atoms with Gasteiger partial charge < -0.3 is 0 Å². The number of nitriles is 1. The number of hydrogen-bond acceptors (Lipinski definition) is 3. The van der Waals surface area contributed by atoms with Crippen molar-refractivity contribution in [2.45, 2.75) is 24.2 Å². The maximum atomic E-state index is 11.2. The predicted molar refractivity (Wildman–Crippen MR) is 58.2 cm³/mol. The van der Waals surface area contributed by atoms with Crippen LogP contribution in [0.5, 0.6) is 0 Å². The highest BCUT2D eigenvalue weighted by Crippen LogP contribution is 2.23. The molecule has 0 atom stereocenters. The van der Waals surface area contributed by atoms with Crippen LogP contribution in [0.25, 0.3) is 0 Å². The van der Waals surface area contributed by atoms with Gasteiger partial charge in [-0.2, -0.15) is 5.26 Å². The topological polar surface area (TPSA) is 57.9 Å². The van der Waals surface area contributed by atoms with Crippen molar-refractivity contribution in [3.05, 3.63) is 29.8 Å². The van der Waals surface area contributed by atoms with Gasteiger partial charge in [0, 0.05) is 6.26 Å². The van der Waals surface area contributed by atoms with Crippen LogP contribution in [0.2, 0.25) is 0 Å². The smallest absolute Gasteiger partial charge is 0.175 e.